The fraction of sp³-hybridized carbons (Fsp3) is 0.318. The molecule has 170 valence electrons. The van der Waals surface area contributed by atoms with Crippen LogP contribution in [-0.2, 0) is 11.3 Å². The highest BCUT2D eigenvalue weighted by Gasteiger charge is 2.22. The molecule has 0 bridgehead atoms. The third-order valence-corrected chi connectivity index (χ3v) is 6.62. The van der Waals surface area contributed by atoms with Gasteiger partial charge in [0.1, 0.15) is 5.82 Å². The van der Waals surface area contributed by atoms with Crippen molar-refractivity contribution in [2.45, 2.75) is 24.7 Å². The van der Waals surface area contributed by atoms with E-state index >= 15 is 0 Å². The zero-order chi connectivity index (χ0) is 23.4. The second kappa shape index (κ2) is 10.7. The number of rotatable bonds is 8. The first-order valence-corrected chi connectivity index (χ1v) is 11.6. The third-order valence-electron chi connectivity index (χ3n) is 5.10. The zero-order valence-electron chi connectivity index (χ0n) is 18.2. The Morgan fingerprint density at radius 2 is 1.81 bits per heavy atom. The number of hydrogen-bond acceptors (Lipinski definition) is 5. The van der Waals surface area contributed by atoms with Gasteiger partial charge in [-0.25, -0.2) is 4.39 Å². The molecule has 3 rings (SSSR count). The molecule has 1 aromatic heterocycles. The van der Waals surface area contributed by atoms with Crippen LogP contribution < -0.4 is 0 Å². The van der Waals surface area contributed by atoms with E-state index in [1.54, 1.807) is 25.2 Å². The van der Waals surface area contributed by atoms with E-state index in [4.69, 9.17) is 23.2 Å². The predicted molar refractivity (Wildman–Crippen MR) is 127 cm³/mol. The molecule has 0 saturated heterocycles. The van der Waals surface area contributed by atoms with Crippen LogP contribution in [0.4, 0.5) is 4.39 Å². The van der Waals surface area contributed by atoms with Crippen LogP contribution >= 0.6 is 35.0 Å². The topological polar surface area (TPSA) is 54.3 Å². The van der Waals surface area contributed by atoms with E-state index in [0.29, 0.717) is 20.8 Å². The number of hydrogen-bond donors (Lipinski definition) is 0. The minimum Gasteiger partial charge on any atom is -0.341 e. The number of amides is 1. The van der Waals surface area contributed by atoms with Crippen molar-refractivity contribution < 1.29 is 9.18 Å². The van der Waals surface area contributed by atoms with Crippen molar-refractivity contribution >= 4 is 40.9 Å². The van der Waals surface area contributed by atoms with E-state index in [9.17, 15) is 9.18 Å². The zero-order valence-corrected chi connectivity index (χ0v) is 20.5. The molecule has 0 fully saturated rings. The van der Waals surface area contributed by atoms with Crippen molar-refractivity contribution in [3.8, 4) is 5.69 Å². The molecule has 1 heterocycles. The normalized spacial score (nSPS) is 12.2. The highest BCUT2D eigenvalue weighted by atomic mass is 35.5. The first-order chi connectivity index (χ1) is 15.2. The summed E-state index contributed by atoms with van der Waals surface area (Å²) in [6.45, 7) is 2.11. The second-order valence-electron chi connectivity index (χ2n) is 7.53. The fourth-order valence-corrected chi connectivity index (χ4v) is 4.20. The Morgan fingerprint density at radius 3 is 2.44 bits per heavy atom. The highest BCUT2D eigenvalue weighted by Crippen LogP contribution is 2.28. The Labute approximate surface area is 201 Å². The van der Waals surface area contributed by atoms with E-state index in [1.165, 1.54) is 28.8 Å². The summed E-state index contributed by atoms with van der Waals surface area (Å²) in [4.78, 5) is 16.2. The Bertz CT molecular complexity index is 1070. The van der Waals surface area contributed by atoms with Gasteiger partial charge >= 0.3 is 0 Å². The fourth-order valence-electron chi connectivity index (χ4n) is 2.95. The van der Waals surface area contributed by atoms with Gasteiger partial charge in [0.25, 0.3) is 0 Å². The van der Waals surface area contributed by atoms with Crippen LogP contribution in [0.2, 0.25) is 10.0 Å². The van der Waals surface area contributed by atoms with Crippen molar-refractivity contribution in [2.75, 3.05) is 26.9 Å². The van der Waals surface area contributed by atoms with Gasteiger partial charge < -0.3 is 4.90 Å². The number of aromatic nitrogens is 3. The lowest BCUT2D eigenvalue weighted by Gasteiger charge is -2.21. The van der Waals surface area contributed by atoms with E-state index in [-0.39, 0.29) is 24.2 Å². The van der Waals surface area contributed by atoms with Crippen LogP contribution in [0, 0.1) is 5.82 Å². The number of benzene rings is 2. The predicted octanol–water partition coefficient (Wildman–Crippen LogP) is 5.09. The van der Waals surface area contributed by atoms with E-state index < -0.39 is 5.82 Å². The number of carbonyl (C=O) groups is 1. The van der Waals surface area contributed by atoms with Gasteiger partial charge in [-0.1, -0.05) is 41.0 Å². The molecular formula is C22H24Cl2FN5OS. The van der Waals surface area contributed by atoms with E-state index in [0.717, 1.165) is 11.5 Å². The first-order valence-electron chi connectivity index (χ1n) is 9.86. The molecule has 1 unspecified atom stereocenters. The van der Waals surface area contributed by atoms with Crippen molar-refractivity contribution in [3.05, 3.63) is 69.7 Å². The Morgan fingerprint density at radius 1 is 1.12 bits per heavy atom. The summed E-state index contributed by atoms with van der Waals surface area (Å²) < 4.78 is 16.0. The molecular weight excluding hydrogens is 472 g/mol. The van der Waals surface area contributed by atoms with Crippen molar-refractivity contribution in [2.24, 2.45) is 0 Å². The number of thioether (sulfide) groups is 1. The summed E-state index contributed by atoms with van der Waals surface area (Å²) in [5, 5.41) is 10.2. The van der Waals surface area contributed by atoms with Crippen LogP contribution in [0.25, 0.3) is 5.69 Å². The van der Waals surface area contributed by atoms with Gasteiger partial charge in [-0.15, -0.1) is 10.2 Å². The van der Waals surface area contributed by atoms with Crippen LogP contribution in [0.3, 0.4) is 0 Å². The molecule has 0 saturated carbocycles. The quantitative estimate of drug-likeness (QED) is 0.407. The van der Waals surface area contributed by atoms with Crippen LogP contribution in [0.15, 0.2) is 47.6 Å². The van der Waals surface area contributed by atoms with Crippen molar-refractivity contribution in [1.82, 2.24) is 24.6 Å². The average molecular weight is 496 g/mol. The molecule has 0 radical (unpaired) electrons. The smallest absolute Gasteiger partial charge is 0.233 e. The van der Waals surface area contributed by atoms with Gasteiger partial charge in [-0.05, 0) is 57.4 Å². The molecule has 32 heavy (non-hydrogen) atoms. The summed E-state index contributed by atoms with van der Waals surface area (Å²) in [5.41, 5.74) is 1.14. The average Bonchev–Trinajstić information content (AvgIpc) is 3.18. The van der Waals surface area contributed by atoms with Gasteiger partial charge in [0.15, 0.2) is 11.0 Å². The molecule has 2 aromatic carbocycles. The van der Waals surface area contributed by atoms with Crippen LogP contribution in [0.5, 0.6) is 0 Å². The molecule has 6 nitrogen and oxygen atoms in total. The lowest BCUT2D eigenvalue weighted by Crippen LogP contribution is -2.28. The lowest BCUT2D eigenvalue weighted by molar-refractivity contribution is -0.127. The molecule has 0 aliphatic carbocycles. The van der Waals surface area contributed by atoms with E-state index in [1.807, 2.05) is 42.6 Å². The summed E-state index contributed by atoms with van der Waals surface area (Å²) in [5.74, 6) is 0.250. The van der Waals surface area contributed by atoms with E-state index in [2.05, 4.69) is 10.2 Å². The Balaban J connectivity index is 1.79. The van der Waals surface area contributed by atoms with Crippen LogP contribution in [-0.4, -0.2) is 57.4 Å². The Hall–Kier alpha value is -2.13. The minimum absolute atomic E-state index is 0.00546. The number of carbonyl (C=O) groups excluding carboxylic acids is 1. The Kier molecular flexibility index (Phi) is 8.16. The summed E-state index contributed by atoms with van der Waals surface area (Å²) in [7, 11) is 5.55. The first kappa shape index (κ1) is 24.5. The summed E-state index contributed by atoms with van der Waals surface area (Å²) >= 11 is 13.4. The third kappa shape index (κ3) is 5.61. The maximum Gasteiger partial charge on any atom is 0.233 e. The molecule has 0 aliphatic heterocycles. The highest BCUT2D eigenvalue weighted by molar-refractivity contribution is 7.99. The maximum absolute atomic E-state index is 14.1. The maximum atomic E-state index is 14.1. The second-order valence-corrected chi connectivity index (χ2v) is 9.32. The largest absolute Gasteiger partial charge is 0.341 e. The number of halogens is 3. The van der Waals surface area contributed by atoms with Gasteiger partial charge in [-0.3, -0.25) is 14.3 Å². The van der Waals surface area contributed by atoms with Crippen molar-refractivity contribution in [1.29, 1.82) is 0 Å². The van der Waals surface area contributed by atoms with Crippen LogP contribution in [0.1, 0.15) is 24.4 Å². The van der Waals surface area contributed by atoms with Gasteiger partial charge in [0.2, 0.25) is 5.91 Å². The van der Waals surface area contributed by atoms with Gasteiger partial charge in [0.05, 0.1) is 11.8 Å². The SMILES string of the molecule is CC(c1nnc(SCC(=O)N(C)Cc2c(F)cccc2Cl)n1-c1ccc(Cl)cc1)N(C)C. The molecule has 0 spiro atoms. The molecule has 0 N–H and O–H groups in total. The summed E-state index contributed by atoms with van der Waals surface area (Å²) in [6, 6.07) is 11.8. The minimum atomic E-state index is -0.436. The molecule has 3 aromatic rings. The lowest BCUT2D eigenvalue weighted by atomic mass is 10.2. The van der Waals surface area contributed by atoms with Gasteiger partial charge in [-0.2, -0.15) is 0 Å². The molecule has 0 aliphatic rings. The monoisotopic (exact) mass is 495 g/mol. The summed E-state index contributed by atoms with van der Waals surface area (Å²) in [6.07, 6.45) is 0. The standard InChI is InChI=1S/C22H24Cl2FN5OS/c1-14(28(2)3)21-26-27-22(30(21)16-10-8-15(23)9-11-16)32-13-20(31)29(4)12-17-18(24)6-5-7-19(17)25/h5-11,14H,12-13H2,1-4H3. The molecule has 1 atom stereocenters. The molecule has 1 amide bonds. The van der Waals surface area contributed by atoms with Gasteiger partial charge in [0, 0.05) is 34.9 Å². The molecule has 10 heteroatoms. The number of nitrogens with zero attached hydrogens (tertiary/aromatic N) is 5. The van der Waals surface area contributed by atoms with Crippen molar-refractivity contribution in [3.63, 3.8) is 0 Å².